The SMILES string of the molecule is Cc1cccc2nc(C3CCN(CC4CCCNC4)CC3)oc12. The molecule has 124 valence electrons. The number of aromatic nitrogens is 1. The van der Waals surface area contributed by atoms with Gasteiger partial charge in [0.2, 0.25) is 0 Å². The number of para-hydroxylation sites is 1. The second kappa shape index (κ2) is 6.62. The predicted octanol–water partition coefficient (Wildman–Crippen LogP) is 3.32. The number of fused-ring (bicyclic) bond motifs is 1. The van der Waals surface area contributed by atoms with E-state index in [1.54, 1.807) is 0 Å². The van der Waals surface area contributed by atoms with Crippen LogP contribution < -0.4 is 5.32 Å². The van der Waals surface area contributed by atoms with Gasteiger partial charge in [-0.1, -0.05) is 12.1 Å². The van der Waals surface area contributed by atoms with Gasteiger partial charge in [0.25, 0.3) is 0 Å². The fourth-order valence-electron chi connectivity index (χ4n) is 4.09. The second-order valence-electron chi connectivity index (χ2n) is 7.26. The van der Waals surface area contributed by atoms with Crippen LogP contribution in [0.15, 0.2) is 22.6 Å². The van der Waals surface area contributed by atoms with Crippen molar-refractivity contribution in [3.8, 4) is 0 Å². The van der Waals surface area contributed by atoms with Crippen LogP contribution in [-0.2, 0) is 0 Å². The molecule has 2 saturated heterocycles. The van der Waals surface area contributed by atoms with Crippen LogP contribution in [0, 0.1) is 12.8 Å². The molecule has 0 bridgehead atoms. The summed E-state index contributed by atoms with van der Waals surface area (Å²) in [5.74, 6) is 2.28. The molecule has 1 aromatic heterocycles. The molecule has 0 amide bonds. The van der Waals surface area contributed by atoms with Gasteiger partial charge in [-0.15, -0.1) is 0 Å². The normalized spacial score (nSPS) is 24.3. The second-order valence-corrected chi connectivity index (χ2v) is 7.26. The van der Waals surface area contributed by atoms with Gasteiger partial charge in [0, 0.05) is 12.5 Å². The minimum Gasteiger partial charge on any atom is -0.440 e. The molecule has 23 heavy (non-hydrogen) atoms. The van der Waals surface area contributed by atoms with Crippen LogP contribution in [0.1, 0.15) is 43.1 Å². The van der Waals surface area contributed by atoms with E-state index in [9.17, 15) is 0 Å². The van der Waals surface area contributed by atoms with E-state index in [4.69, 9.17) is 9.40 Å². The molecular weight excluding hydrogens is 286 g/mol. The number of nitrogens with one attached hydrogen (secondary N) is 1. The first-order chi connectivity index (χ1) is 11.3. The summed E-state index contributed by atoms with van der Waals surface area (Å²) in [4.78, 5) is 7.38. The van der Waals surface area contributed by atoms with E-state index in [0.29, 0.717) is 5.92 Å². The number of oxazole rings is 1. The maximum Gasteiger partial charge on any atom is 0.198 e. The third-order valence-electron chi connectivity index (χ3n) is 5.48. The lowest BCUT2D eigenvalue weighted by Crippen LogP contribution is -2.41. The molecule has 1 N–H and O–H groups in total. The summed E-state index contributed by atoms with van der Waals surface area (Å²) in [6.45, 7) is 8.11. The summed E-state index contributed by atoms with van der Waals surface area (Å²) in [5, 5.41) is 3.53. The number of hydrogen-bond donors (Lipinski definition) is 1. The van der Waals surface area contributed by atoms with E-state index in [0.717, 1.165) is 22.9 Å². The van der Waals surface area contributed by atoms with Crippen molar-refractivity contribution in [1.82, 2.24) is 15.2 Å². The summed E-state index contributed by atoms with van der Waals surface area (Å²) < 4.78 is 6.08. The molecule has 4 nitrogen and oxygen atoms in total. The number of rotatable bonds is 3. The Morgan fingerprint density at radius 3 is 2.87 bits per heavy atom. The molecule has 3 heterocycles. The summed E-state index contributed by atoms with van der Waals surface area (Å²) >= 11 is 0. The molecule has 2 aromatic rings. The molecule has 4 rings (SSSR count). The first kappa shape index (κ1) is 15.2. The van der Waals surface area contributed by atoms with Crippen LogP contribution in [0.25, 0.3) is 11.1 Å². The highest BCUT2D eigenvalue weighted by atomic mass is 16.3. The van der Waals surface area contributed by atoms with Gasteiger partial charge >= 0.3 is 0 Å². The number of piperidine rings is 2. The Hall–Kier alpha value is -1.39. The van der Waals surface area contributed by atoms with Crippen molar-refractivity contribution in [2.75, 3.05) is 32.7 Å². The van der Waals surface area contributed by atoms with Gasteiger partial charge in [-0.25, -0.2) is 4.98 Å². The molecule has 0 radical (unpaired) electrons. The van der Waals surface area contributed by atoms with Crippen molar-refractivity contribution >= 4 is 11.1 Å². The van der Waals surface area contributed by atoms with E-state index in [-0.39, 0.29) is 0 Å². The first-order valence-electron chi connectivity index (χ1n) is 9.09. The van der Waals surface area contributed by atoms with Crippen molar-refractivity contribution in [2.45, 2.75) is 38.5 Å². The highest BCUT2D eigenvalue weighted by Crippen LogP contribution is 2.31. The first-order valence-corrected chi connectivity index (χ1v) is 9.09. The topological polar surface area (TPSA) is 41.3 Å². The molecule has 2 aliphatic heterocycles. The Morgan fingerprint density at radius 2 is 2.13 bits per heavy atom. The van der Waals surface area contributed by atoms with E-state index >= 15 is 0 Å². The van der Waals surface area contributed by atoms with Gasteiger partial charge in [-0.3, -0.25) is 0 Å². The molecule has 1 aromatic carbocycles. The van der Waals surface area contributed by atoms with Crippen LogP contribution in [0.4, 0.5) is 0 Å². The largest absolute Gasteiger partial charge is 0.440 e. The summed E-state index contributed by atoms with van der Waals surface area (Å²) in [6.07, 6.45) is 5.07. The standard InChI is InChI=1S/C19H27N3O/c1-14-4-2-6-17-18(14)23-19(21-17)16-7-10-22(11-8-16)13-15-5-3-9-20-12-15/h2,4,6,15-16,20H,3,5,7-13H2,1H3. The Kier molecular flexibility index (Phi) is 4.36. The third kappa shape index (κ3) is 3.29. The zero-order chi connectivity index (χ0) is 15.6. The van der Waals surface area contributed by atoms with Crippen LogP contribution >= 0.6 is 0 Å². The zero-order valence-corrected chi connectivity index (χ0v) is 14.1. The van der Waals surface area contributed by atoms with Gasteiger partial charge in [0.1, 0.15) is 5.52 Å². The average Bonchev–Trinajstić information content (AvgIpc) is 3.02. The minimum atomic E-state index is 0.488. The fraction of sp³-hybridized carbons (Fsp3) is 0.632. The number of aryl methyl sites for hydroxylation is 1. The van der Waals surface area contributed by atoms with Gasteiger partial charge in [-0.05, 0) is 76.3 Å². The van der Waals surface area contributed by atoms with Crippen molar-refractivity contribution in [3.63, 3.8) is 0 Å². The van der Waals surface area contributed by atoms with Gasteiger partial charge in [0.05, 0.1) is 0 Å². The molecule has 4 heteroatoms. The van der Waals surface area contributed by atoms with Crippen molar-refractivity contribution in [2.24, 2.45) is 5.92 Å². The molecule has 0 aliphatic carbocycles. The quantitative estimate of drug-likeness (QED) is 0.944. The summed E-state index contributed by atoms with van der Waals surface area (Å²) in [6, 6.07) is 6.21. The Morgan fingerprint density at radius 1 is 1.26 bits per heavy atom. The minimum absolute atomic E-state index is 0.488. The monoisotopic (exact) mass is 313 g/mol. The fourth-order valence-corrected chi connectivity index (χ4v) is 4.09. The van der Waals surface area contributed by atoms with Crippen LogP contribution in [0.5, 0.6) is 0 Å². The number of likely N-dealkylation sites (tertiary alicyclic amines) is 1. The highest BCUT2D eigenvalue weighted by molar-refractivity contribution is 5.76. The van der Waals surface area contributed by atoms with Crippen molar-refractivity contribution < 1.29 is 4.42 Å². The van der Waals surface area contributed by atoms with Crippen molar-refractivity contribution in [3.05, 3.63) is 29.7 Å². The molecule has 2 fully saturated rings. The van der Waals surface area contributed by atoms with Gasteiger partial charge in [-0.2, -0.15) is 0 Å². The smallest absolute Gasteiger partial charge is 0.198 e. The summed E-state index contributed by atoms with van der Waals surface area (Å²) in [5.41, 5.74) is 3.16. The number of hydrogen-bond acceptors (Lipinski definition) is 4. The van der Waals surface area contributed by atoms with E-state index in [1.165, 1.54) is 64.0 Å². The van der Waals surface area contributed by atoms with Gasteiger partial charge < -0.3 is 14.6 Å². The molecule has 2 aliphatic rings. The third-order valence-corrected chi connectivity index (χ3v) is 5.48. The van der Waals surface area contributed by atoms with E-state index in [1.807, 2.05) is 0 Å². The molecule has 0 saturated carbocycles. The van der Waals surface area contributed by atoms with E-state index in [2.05, 4.69) is 35.3 Å². The molecule has 0 spiro atoms. The molecule has 1 atom stereocenters. The predicted molar refractivity (Wildman–Crippen MR) is 92.8 cm³/mol. The van der Waals surface area contributed by atoms with E-state index < -0.39 is 0 Å². The Balaban J connectivity index is 1.37. The lowest BCUT2D eigenvalue weighted by atomic mass is 9.94. The lowest BCUT2D eigenvalue weighted by Gasteiger charge is -2.34. The van der Waals surface area contributed by atoms with Gasteiger partial charge in [0.15, 0.2) is 11.5 Å². The van der Waals surface area contributed by atoms with Crippen LogP contribution in [0.2, 0.25) is 0 Å². The molecular formula is C19H27N3O. The lowest BCUT2D eigenvalue weighted by molar-refractivity contribution is 0.162. The highest BCUT2D eigenvalue weighted by Gasteiger charge is 2.26. The average molecular weight is 313 g/mol. The molecule has 1 unspecified atom stereocenters. The summed E-state index contributed by atoms with van der Waals surface area (Å²) in [7, 11) is 0. The number of nitrogens with zero attached hydrogens (tertiary/aromatic N) is 2. The van der Waals surface area contributed by atoms with Crippen molar-refractivity contribution in [1.29, 1.82) is 0 Å². The maximum atomic E-state index is 6.08. The Bertz CT molecular complexity index is 652. The number of benzene rings is 1. The zero-order valence-electron chi connectivity index (χ0n) is 14.1. The van der Waals surface area contributed by atoms with Crippen LogP contribution in [-0.4, -0.2) is 42.6 Å². The Labute approximate surface area is 138 Å². The maximum absolute atomic E-state index is 6.08. The van der Waals surface area contributed by atoms with Crippen LogP contribution in [0.3, 0.4) is 0 Å².